The zero-order chi connectivity index (χ0) is 19.9. The van der Waals surface area contributed by atoms with Crippen LogP contribution in [0.25, 0.3) is 16.8 Å². The second-order valence-electron chi connectivity index (χ2n) is 6.41. The van der Waals surface area contributed by atoms with Gasteiger partial charge in [-0.1, -0.05) is 18.2 Å². The van der Waals surface area contributed by atoms with Crippen LogP contribution in [-0.4, -0.2) is 0 Å². The Morgan fingerprint density at radius 1 is 0.710 bits per heavy atom. The predicted molar refractivity (Wildman–Crippen MR) is 112 cm³/mol. The Morgan fingerprint density at radius 2 is 1.26 bits per heavy atom. The molecule has 0 spiro atoms. The standard InChI is InChI=1S/C24H19N2O2P.2ClH/c27-29-19-18-25-14-10-20(11-15-25)21-12-16-26(17-13-21)22-6-8-24(9-7-22)28-23-4-2-1-3-5-23;;/h1-17H,18H2;2*1H/q+2;;/p-2. The van der Waals surface area contributed by atoms with Crippen LogP contribution in [0.4, 0.5) is 0 Å². The number of nitrogens with zero attached hydrogens (tertiary/aromatic N) is 2. The normalized spacial score (nSPS) is 9.55. The fraction of sp³-hybridized carbons (Fsp3) is 0.0417. The van der Waals surface area contributed by atoms with Gasteiger partial charge in [0, 0.05) is 0 Å². The molecular weight excluding hydrogens is 450 g/mol. The Kier molecular flexibility index (Phi) is 9.52. The number of pyridine rings is 2. The quantitative estimate of drug-likeness (QED) is 0.277. The third-order valence-corrected chi connectivity index (χ3v) is 4.76. The monoisotopic (exact) mass is 468 g/mol. The minimum Gasteiger partial charge on any atom is -1.00 e. The van der Waals surface area contributed by atoms with E-state index in [1.54, 1.807) is 0 Å². The Hall–Kier alpha value is -2.87. The summed E-state index contributed by atoms with van der Waals surface area (Å²) in [5.41, 5.74) is 6.05. The van der Waals surface area contributed by atoms with Crippen LogP contribution in [0.5, 0.6) is 11.5 Å². The average Bonchev–Trinajstić information content (AvgIpc) is 2.79. The number of benzene rings is 2. The van der Waals surface area contributed by atoms with Gasteiger partial charge >= 0.3 is 112 Å². The van der Waals surface area contributed by atoms with Gasteiger partial charge < -0.3 is 29.6 Å². The number of halogens is 2. The maximum absolute atomic E-state index is 10.5. The first kappa shape index (κ1) is 24.4. The Bertz CT molecular complexity index is 1200. The van der Waals surface area contributed by atoms with Gasteiger partial charge in [0.25, 0.3) is 0 Å². The van der Waals surface area contributed by atoms with E-state index in [-0.39, 0.29) is 32.7 Å². The molecule has 156 valence electrons. The van der Waals surface area contributed by atoms with Gasteiger partial charge in [0.1, 0.15) is 11.5 Å². The van der Waals surface area contributed by atoms with Crippen LogP contribution >= 0.6 is 7.92 Å². The van der Waals surface area contributed by atoms with Gasteiger partial charge in [-0.05, 0) is 24.3 Å². The third-order valence-electron chi connectivity index (χ3n) is 4.49. The molecule has 2 heterocycles. The number of hydrogen-bond acceptors (Lipinski definition) is 2. The molecule has 0 aliphatic carbocycles. The number of hydrogen-bond donors (Lipinski definition) is 0. The van der Waals surface area contributed by atoms with Crippen molar-refractivity contribution >= 4 is 7.92 Å². The number of para-hydroxylation sites is 1. The molecule has 0 amide bonds. The van der Waals surface area contributed by atoms with Crippen molar-refractivity contribution in [1.82, 2.24) is 0 Å². The Balaban J connectivity index is 0.00000171. The van der Waals surface area contributed by atoms with Crippen molar-refractivity contribution in [1.29, 1.82) is 0 Å². The molecule has 0 bridgehead atoms. The van der Waals surface area contributed by atoms with Crippen LogP contribution in [0, 0.1) is 5.63 Å². The van der Waals surface area contributed by atoms with Crippen molar-refractivity contribution in [2.75, 3.05) is 0 Å². The molecule has 0 radical (unpaired) electrons. The molecule has 0 saturated carbocycles. The summed E-state index contributed by atoms with van der Waals surface area (Å²) in [6.07, 6.45) is 8.00. The molecule has 2 aromatic heterocycles. The Morgan fingerprint density at radius 3 is 1.84 bits per heavy atom. The molecule has 0 fully saturated rings. The minimum absolute atomic E-state index is 0. The number of aromatic nitrogens is 2. The van der Waals surface area contributed by atoms with Gasteiger partial charge in [-0.3, -0.25) is 0 Å². The number of ether oxygens (including phenoxy) is 1. The van der Waals surface area contributed by atoms with Crippen molar-refractivity contribution in [2.24, 2.45) is 0 Å². The first-order chi connectivity index (χ1) is 14.3. The van der Waals surface area contributed by atoms with E-state index < -0.39 is 0 Å². The fourth-order valence-electron chi connectivity index (χ4n) is 2.97. The molecule has 0 N–H and O–H groups in total. The zero-order valence-electron chi connectivity index (χ0n) is 16.4. The van der Waals surface area contributed by atoms with E-state index >= 15 is 0 Å². The van der Waals surface area contributed by atoms with Gasteiger partial charge in [-0.2, -0.15) is 0 Å². The third kappa shape index (κ3) is 6.55. The van der Waals surface area contributed by atoms with Crippen LogP contribution in [0.2, 0.25) is 0 Å². The molecule has 0 atom stereocenters. The summed E-state index contributed by atoms with van der Waals surface area (Å²) in [7, 11) is -0.0679. The van der Waals surface area contributed by atoms with E-state index in [1.165, 1.54) is 0 Å². The topological polar surface area (TPSA) is 34.1 Å². The van der Waals surface area contributed by atoms with Crippen LogP contribution in [0.15, 0.2) is 104 Å². The average molecular weight is 469 g/mol. The largest absolute Gasteiger partial charge is 1.00 e. The van der Waals surface area contributed by atoms with E-state index in [1.807, 2.05) is 96.1 Å². The molecule has 2 aromatic carbocycles. The summed E-state index contributed by atoms with van der Waals surface area (Å²) >= 11 is 0. The molecule has 4 nitrogen and oxygen atoms in total. The van der Waals surface area contributed by atoms with Gasteiger partial charge in [-0.15, -0.1) is 0 Å². The second-order valence-corrected chi connectivity index (χ2v) is 6.91. The van der Waals surface area contributed by atoms with Crippen LogP contribution < -0.4 is 38.7 Å². The first-order valence-electron chi connectivity index (χ1n) is 9.21. The number of rotatable bonds is 5. The summed E-state index contributed by atoms with van der Waals surface area (Å²) < 4.78 is 20.3. The molecular formula is C24H19Cl2N2O2P. The first-order valence-corrected chi connectivity index (χ1v) is 10.0. The smallest absolute Gasteiger partial charge is 1.00 e. The summed E-state index contributed by atoms with van der Waals surface area (Å²) in [6.45, 7) is 0.504. The van der Waals surface area contributed by atoms with Crippen molar-refractivity contribution in [3.8, 4) is 33.9 Å². The van der Waals surface area contributed by atoms with Crippen LogP contribution in [0.3, 0.4) is 0 Å². The van der Waals surface area contributed by atoms with E-state index in [0.717, 1.165) is 28.3 Å². The molecule has 4 rings (SSSR count). The van der Waals surface area contributed by atoms with E-state index in [2.05, 4.69) is 22.3 Å². The summed E-state index contributed by atoms with van der Waals surface area (Å²) in [5.74, 6) is 1.63. The van der Waals surface area contributed by atoms with Gasteiger partial charge in [0.2, 0.25) is 0 Å². The van der Waals surface area contributed by atoms with Crippen molar-refractivity contribution < 1.29 is 43.3 Å². The SMILES string of the molecule is O=P#CC[n+]1ccc(-c2cc[n+](-c3ccc(Oc4ccccc4)cc3)cc2)cc1.[Cl-].[Cl-]. The summed E-state index contributed by atoms with van der Waals surface area (Å²) in [4.78, 5) is 0. The fourth-order valence-corrected chi connectivity index (χ4v) is 3.19. The van der Waals surface area contributed by atoms with E-state index in [0.29, 0.717) is 6.54 Å². The predicted octanol–water partition coefficient (Wildman–Crippen LogP) is -1.03. The minimum atomic E-state index is -0.0679. The van der Waals surface area contributed by atoms with Crippen LogP contribution in [-0.2, 0) is 11.1 Å². The molecule has 0 saturated heterocycles. The van der Waals surface area contributed by atoms with Gasteiger partial charge in [-0.25, -0.2) is 0 Å². The Labute approximate surface area is 195 Å². The molecule has 0 aliphatic rings. The maximum atomic E-state index is 10.5. The summed E-state index contributed by atoms with van der Waals surface area (Å²) in [6, 6.07) is 26.0. The van der Waals surface area contributed by atoms with Crippen molar-refractivity contribution in [3.63, 3.8) is 0 Å². The van der Waals surface area contributed by atoms with E-state index in [9.17, 15) is 4.57 Å². The molecule has 7 heteroatoms. The van der Waals surface area contributed by atoms with Crippen molar-refractivity contribution in [2.45, 2.75) is 6.54 Å². The molecule has 0 aliphatic heterocycles. The van der Waals surface area contributed by atoms with E-state index in [4.69, 9.17) is 4.74 Å². The van der Waals surface area contributed by atoms with Crippen LogP contribution in [0.1, 0.15) is 0 Å². The zero-order valence-corrected chi connectivity index (χ0v) is 18.8. The molecule has 0 unspecified atom stereocenters. The maximum Gasteiger partial charge on any atom is -1.00 e. The van der Waals surface area contributed by atoms with Crippen molar-refractivity contribution in [3.05, 3.63) is 104 Å². The van der Waals surface area contributed by atoms with Gasteiger partial charge in [0.05, 0.1) is 0 Å². The summed E-state index contributed by atoms with van der Waals surface area (Å²) in [5, 5.41) is 0. The molecule has 31 heavy (non-hydrogen) atoms. The molecule has 4 aromatic rings. The second kappa shape index (κ2) is 12.1. The van der Waals surface area contributed by atoms with Gasteiger partial charge in [0.15, 0.2) is 0 Å².